The summed E-state index contributed by atoms with van der Waals surface area (Å²) >= 11 is 0. The van der Waals surface area contributed by atoms with Crippen LogP contribution in [-0.4, -0.2) is 35.0 Å². The predicted octanol–water partition coefficient (Wildman–Crippen LogP) is 4.53. The average Bonchev–Trinajstić information content (AvgIpc) is 3.27. The topological polar surface area (TPSA) is 75.4 Å². The second-order valence-corrected chi connectivity index (χ2v) is 7.69. The lowest BCUT2D eigenvalue weighted by molar-refractivity contribution is -0.121. The Kier molecular flexibility index (Phi) is 6.11. The van der Waals surface area contributed by atoms with Gasteiger partial charge in [0.2, 0.25) is 11.8 Å². The maximum absolute atomic E-state index is 13.1. The molecule has 2 amide bonds. The van der Waals surface area contributed by atoms with Gasteiger partial charge in [0.15, 0.2) is 0 Å². The Balaban J connectivity index is 1.31. The monoisotopic (exact) mass is 421 g/mol. The van der Waals surface area contributed by atoms with Crippen LogP contribution in [0.3, 0.4) is 0 Å². The van der Waals surface area contributed by atoms with Gasteiger partial charge >= 0.3 is 0 Å². The summed E-state index contributed by atoms with van der Waals surface area (Å²) in [6.07, 6.45) is 2.07. The Morgan fingerprint density at radius 1 is 1.10 bits per heavy atom. The van der Waals surface area contributed by atoms with Gasteiger partial charge in [-0.15, -0.1) is 0 Å². The molecule has 7 heteroatoms. The van der Waals surface area contributed by atoms with Crippen LogP contribution >= 0.6 is 0 Å². The van der Waals surface area contributed by atoms with Gasteiger partial charge in [-0.3, -0.25) is 14.9 Å². The number of hydrogen-bond acceptors (Lipinski definition) is 4. The van der Waals surface area contributed by atoms with E-state index in [9.17, 15) is 14.0 Å². The van der Waals surface area contributed by atoms with E-state index in [-0.39, 0.29) is 23.5 Å². The third-order valence-electron chi connectivity index (χ3n) is 5.66. The molecule has 0 radical (unpaired) electrons. The number of likely N-dealkylation sites (tertiary alicyclic amines) is 1. The van der Waals surface area contributed by atoms with Crippen molar-refractivity contribution >= 4 is 17.7 Å². The number of amides is 2. The normalized spacial score (nSPS) is 14.5. The molecule has 1 fully saturated rings. The van der Waals surface area contributed by atoms with Crippen LogP contribution in [0.1, 0.15) is 35.7 Å². The first-order valence-electron chi connectivity index (χ1n) is 10.4. The highest BCUT2D eigenvalue weighted by Gasteiger charge is 2.28. The highest BCUT2D eigenvalue weighted by atomic mass is 19.1. The minimum atomic E-state index is -0.375. The molecule has 3 aromatic rings. The van der Waals surface area contributed by atoms with E-state index in [4.69, 9.17) is 4.52 Å². The summed E-state index contributed by atoms with van der Waals surface area (Å²) in [6, 6.07) is 15.3. The summed E-state index contributed by atoms with van der Waals surface area (Å²) in [5, 5.41) is 6.84. The minimum Gasteiger partial charge on any atom is -0.339 e. The van der Waals surface area contributed by atoms with Gasteiger partial charge in [0, 0.05) is 36.2 Å². The molecule has 0 bridgehead atoms. The molecule has 0 unspecified atom stereocenters. The van der Waals surface area contributed by atoms with Crippen molar-refractivity contribution in [3.63, 3.8) is 0 Å². The molecule has 0 spiro atoms. The average molecular weight is 421 g/mol. The van der Waals surface area contributed by atoms with Gasteiger partial charge in [0.1, 0.15) is 11.5 Å². The largest absolute Gasteiger partial charge is 0.339 e. The van der Waals surface area contributed by atoms with E-state index in [2.05, 4.69) is 17.4 Å². The van der Waals surface area contributed by atoms with Gasteiger partial charge in [-0.1, -0.05) is 36.3 Å². The zero-order chi connectivity index (χ0) is 21.8. The number of halogens is 1. The molecule has 4 rings (SSSR count). The Labute approximate surface area is 180 Å². The first-order valence-corrected chi connectivity index (χ1v) is 10.4. The fraction of sp³-hybridized carbons (Fsp3) is 0.292. The summed E-state index contributed by atoms with van der Waals surface area (Å²) < 4.78 is 18.3. The van der Waals surface area contributed by atoms with E-state index in [0.29, 0.717) is 43.1 Å². The van der Waals surface area contributed by atoms with E-state index in [1.165, 1.54) is 29.8 Å². The summed E-state index contributed by atoms with van der Waals surface area (Å²) in [5.41, 5.74) is 3.28. The number of hydrogen-bond donors (Lipinski definition) is 1. The number of nitrogens with zero attached hydrogens (tertiary/aromatic N) is 2. The van der Waals surface area contributed by atoms with Crippen LogP contribution in [0.5, 0.6) is 0 Å². The van der Waals surface area contributed by atoms with Crippen LogP contribution in [0, 0.1) is 11.7 Å². The number of rotatable bonds is 5. The van der Waals surface area contributed by atoms with E-state index in [1.54, 1.807) is 11.0 Å². The van der Waals surface area contributed by atoms with Crippen molar-refractivity contribution in [3.8, 4) is 11.3 Å². The number of carbonyl (C=O) groups excluding carboxylic acids is 2. The molecule has 1 aromatic heterocycles. The fourth-order valence-electron chi connectivity index (χ4n) is 3.72. The summed E-state index contributed by atoms with van der Waals surface area (Å²) in [5.74, 6) is -0.565. The SMILES string of the molecule is CCc1ccc(-c2cc(NC(=O)C3CCN(C(=O)c4ccc(F)cc4)CC3)on2)cc1. The molecule has 0 atom stereocenters. The Bertz CT molecular complexity index is 1050. The quantitative estimate of drug-likeness (QED) is 0.657. The smallest absolute Gasteiger partial charge is 0.253 e. The van der Waals surface area contributed by atoms with E-state index < -0.39 is 0 Å². The number of aryl methyl sites for hydroxylation is 1. The predicted molar refractivity (Wildman–Crippen MR) is 115 cm³/mol. The molecule has 6 nitrogen and oxygen atoms in total. The molecule has 2 aromatic carbocycles. The third kappa shape index (κ3) is 4.82. The zero-order valence-electron chi connectivity index (χ0n) is 17.3. The molecule has 2 heterocycles. The number of benzene rings is 2. The van der Waals surface area contributed by atoms with Crippen molar-refractivity contribution in [1.29, 1.82) is 0 Å². The lowest BCUT2D eigenvalue weighted by atomic mass is 9.95. The number of aromatic nitrogens is 1. The lowest BCUT2D eigenvalue weighted by Crippen LogP contribution is -2.41. The second-order valence-electron chi connectivity index (χ2n) is 7.69. The minimum absolute atomic E-state index is 0.141. The van der Waals surface area contributed by atoms with Gasteiger partial charge in [-0.2, -0.15) is 0 Å². The van der Waals surface area contributed by atoms with Gasteiger partial charge in [0.25, 0.3) is 5.91 Å². The first kappa shape index (κ1) is 20.8. The van der Waals surface area contributed by atoms with Gasteiger partial charge in [0.05, 0.1) is 0 Å². The molecule has 0 saturated carbocycles. The Hall–Kier alpha value is -3.48. The number of carbonyl (C=O) groups is 2. The first-order chi connectivity index (χ1) is 15.0. The Morgan fingerprint density at radius 2 is 1.77 bits per heavy atom. The maximum atomic E-state index is 13.1. The van der Waals surface area contributed by atoms with Gasteiger partial charge in [-0.25, -0.2) is 4.39 Å². The van der Waals surface area contributed by atoms with Gasteiger partial charge in [-0.05, 0) is 49.1 Å². The van der Waals surface area contributed by atoms with Crippen molar-refractivity contribution in [1.82, 2.24) is 10.1 Å². The fourth-order valence-corrected chi connectivity index (χ4v) is 3.72. The van der Waals surface area contributed by atoms with Crippen molar-refractivity contribution in [2.75, 3.05) is 18.4 Å². The van der Waals surface area contributed by atoms with Crippen molar-refractivity contribution < 1.29 is 18.5 Å². The maximum Gasteiger partial charge on any atom is 0.253 e. The summed E-state index contributed by atoms with van der Waals surface area (Å²) in [7, 11) is 0. The summed E-state index contributed by atoms with van der Waals surface area (Å²) in [4.78, 5) is 26.9. The van der Waals surface area contributed by atoms with Crippen molar-refractivity contribution in [3.05, 3.63) is 71.5 Å². The highest BCUT2D eigenvalue weighted by molar-refractivity contribution is 5.95. The Morgan fingerprint density at radius 3 is 2.42 bits per heavy atom. The number of anilines is 1. The summed E-state index contributed by atoms with van der Waals surface area (Å²) in [6.45, 7) is 3.04. The molecular weight excluding hydrogens is 397 g/mol. The number of nitrogens with one attached hydrogen (secondary N) is 1. The zero-order valence-corrected chi connectivity index (χ0v) is 17.3. The van der Waals surface area contributed by atoms with Crippen LogP contribution in [-0.2, 0) is 11.2 Å². The molecule has 31 heavy (non-hydrogen) atoms. The van der Waals surface area contributed by atoms with Crippen LogP contribution in [0.25, 0.3) is 11.3 Å². The van der Waals surface area contributed by atoms with Gasteiger partial charge < -0.3 is 9.42 Å². The molecular formula is C24H24FN3O3. The molecule has 160 valence electrons. The highest BCUT2D eigenvalue weighted by Crippen LogP contribution is 2.25. The second kappa shape index (κ2) is 9.12. The van der Waals surface area contributed by atoms with Crippen LogP contribution < -0.4 is 5.32 Å². The lowest BCUT2D eigenvalue weighted by Gasteiger charge is -2.31. The number of piperidine rings is 1. The van der Waals surface area contributed by atoms with Crippen LogP contribution in [0.2, 0.25) is 0 Å². The van der Waals surface area contributed by atoms with Crippen LogP contribution in [0.4, 0.5) is 10.3 Å². The molecule has 0 aliphatic carbocycles. The van der Waals surface area contributed by atoms with Crippen LogP contribution in [0.15, 0.2) is 59.1 Å². The van der Waals surface area contributed by atoms with Crippen molar-refractivity contribution in [2.45, 2.75) is 26.2 Å². The van der Waals surface area contributed by atoms with E-state index in [1.807, 2.05) is 24.3 Å². The van der Waals surface area contributed by atoms with E-state index >= 15 is 0 Å². The van der Waals surface area contributed by atoms with Crippen molar-refractivity contribution in [2.24, 2.45) is 5.92 Å². The molecule has 1 saturated heterocycles. The molecule has 1 aliphatic rings. The van der Waals surface area contributed by atoms with E-state index in [0.717, 1.165) is 12.0 Å². The molecule has 1 aliphatic heterocycles. The standard InChI is InChI=1S/C24H24FN3O3/c1-2-16-3-5-17(6-4-16)21-15-22(31-27-21)26-23(29)18-11-13-28(14-12-18)24(30)19-7-9-20(25)10-8-19/h3-10,15,18H,2,11-14H2,1H3,(H,26,29). The molecule has 1 N–H and O–H groups in total. The third-order valence-corrected chi connectivity index (χ3v) is 5.66.